The van der Waals surface area contributed by atoms with Crippen molar-refractivity contribution in [1.82, 2.24) is 9.80 Å². The summed E-state index contributed by atoms with van der Waals surface area (Å²) in [5.41, 5.74) is 3.09. The highest BCUT2D eigenvalue weighted by atomic mass is 19.4. The van der Waals surface area contributed by atoms with Gasteiger partial charge in [0.05, 0.1) is 0 Å². The molecule has 0 aliphatic heterocycles. The minimum absolute atomic E-state index is 0.1000. The Bertz CT molecular complexity index is 771. The Hall–Kier alpha value is -2.49. The quantitative estimate of drug-likeness (QED) is 0.328. The van der Waals surface area contributed by atoms with Gasteiger partial charge in [0.1, 0.15) is 0 Å². The van der Waals surface area contributed by atoms with Crippen LogP contribution in [-0.2, 0) is 11.3 Å². The van der Waals surface area contributed by atoms with Gasteiger partial charge in [-0.3, -0.25) is 4.90 Å². The number of amides is 1. The van der Waals surface area contributed by atoms with Gasteiger partial charge < -0.3 is 9.64 Å². The van der Waals surface area contributed by atoms with Crippen LogP contribution in [0.2, 0.25) is 0 Å². The van der Waals surface area contributed by atoms with E-state index in [1.54, 1.807) is 0 Å². The van der Waals surface area contributed by atoms with Crippen molar-refractivity contribution in [1.29, 1.82) is 0 Å². The van der Waals surface area contributed by atoms with E-state index in [0.717, 1.165) is 23.7 Å². The third-order valence-corrected chi connectivity index (χ3v) is 4.67. The second-order valence-electron chi connectivity index (χ2n) is 7.08. The Morgan fingerprint density at radius 2 is 1.59 bits per heavy atom. The summed E-state index contributed by atoms with van der Waals surface area (Å²) in [6, 6.07) is 7.83. The highest BCUT2D eigenvalue weighted by Gasteiger charge is 2.60. The van der Waals surface area contributed by atoms with E-state index >= 15 is 0 Å². The topological polar surface area (TPSA) is 32.8 Å². The van der Waals surface area contributed by atoms with E-state index < -0.39 is 24.5 Å². The molecule has 0 fully saturated rings. The lowest BCUT2D eigenvalue weighted by molar-refractivity contribution is -0.308. The van der Waals surface area contributed by atoms with Gasteiger partial charge in [-0.15, -0.1) is 0 Å². The van der Waals surface area contributed by atoms with Crippen LogP contribution in [0.15, 0.2) is 42.5 Å². The third-order valence-electron chi connectivity index (χ3n) is 4.67. The maximum atomic E-state index is 12.6. The molecule has 4 nitrogen and oxygen atoms in total. The zero-order chi connectivity index (χ0) is 24.5. The first kappa shape index (κ1) is 27.5. The Kier molecular flexibility index (Phi) is 10.3. The Balaban J connectivity index is 2.70. The zero-order valence-electron chi connectivity index (χ0n) is 18.4. The minimum atomic E-state index is -5.74. The van der Waals surface area contributed by atoms with E-state index in [4.69, 9.17) is 0 Å². The summed E-state index contributed by atoms with van der Waals surface area (Å²) in [5.74, 6) is 0. The number of rotatable bonds is 9. The number of carbonyl (C=O) groups excluding carboxylic acids is 1. The van der Waals surface area contributed by atoms with Crippen LogP contribution in [0, 0.1) is 0 Å². The monoisotopic (exact) mass is 466 g/mol. The molecule has 0 unspecified atom stereocenters. The van der Waals surface area contributed by atoms with Gasteiger partial charge in [-0.2, -0.15) is 26.3 Å². The van der Waals surface area contributed by atoms with Crippen molar-refractivity contribution >= 4 is 11.7 Å². The molecule has 0 saturated heterocycles. The number of nitrogens with zero attached hydrogens (tertiary/aromatic N) is 2. The Labute approximate surface area is 184 Å². The fourth-order valence-corrected chi connectivity index (χ4v) is 2.84. The second-order valence-corrected chi connectivity index (χ2v) is 7.08. The van der Waals surface area contributed by atoms with Gasteiger partial charge in [0.2, 0.25) is 0 Å². The first-order valence-electron chi connectivity index (χ1n) is 9.99. The molecule has 0 radical (unpaired) electrons. The molecule has 0 heterocycles. The van der Waals surface area contributed by atoms with Gasteiger partial charge >= 0.3 is 18.4 Å². The summed E-state index contributed by atoms with van der Waals surface area (Å²) in [7, 11) is 1.09. The van der Waals surface area contributed by atoms with Crippen molar-refractivity contribution < 1.29 is 35.9 Å². The van der Waals surface area contributed by atoms with Crippen molar-refractivity contribution in [3.05, 3.63) is 53.6 Å². The van der Waals surface area contributed by atoms with Gasteiger partial charge in [-0.1, -0.05) is 49.4 Å². The standard InChI is InChI=1S/C22H28F6N2O2/c1-5-8-17(6-2)18-11-9-16(10-12-18)15-30(7-3)14-13-29(4)20(31)32-19(21(23,24)25)22(26,27)28/h5-6,8-12,19H,7,13-15H2,1-4H3/b8-5-,17-6+. The molecular formula is C22H28F6N2O2. The van der Waals surface area contributed by atoms with E-state index in [-0.39, 0.29) is 13.1 Å². The Morgan fingerprint density at radius 3 is 2.03 bits per heavy atom. The second kappa shape index (κ2) is 11.9. The Morgan fingerprint density at radius 1 is 1.03 bits per heavy atom. The van der Waals surface area contributed by atoms with E-state index in [2.05, 4.69) is 4.74 Å². The molecule has 1 rings (SSSR count). The van der Waals surface area contributed by atoms with E-state index in [1.165, 1.54) is 0 Å². The number of hydrogen-bond acceptors (Lipinski definition) is 3. The molecule has 32 heavy (non-hydrogen) atoms. The predicted molar refractivity (Wildman–Crippen MR) is 111 cm³/mol. The van der Waals surface area contributed by atoms with Crippen LogP contribution in [0.3, 0.4) is 0 Å². The van der Waals surface area contributed by atoms with Crippen molar-refractivity contribution in [2.75, 3.05) is 26.7 Å². The fraction of sp³-hybridized carbons (Fsp3) is 0.500. The number of benzene rings is 1. The average Bonchev–Trinajstić information content (AvgIpc) is 2.71. The number of allylic oxidation sites excluding steroid dienone is 4. The van der Waals surface area contributed by atoms with Crippen LogP contribution in [0.25, 0.3) is 5.57 Å². The van der Waals surface area contributed by atoms with Crippen LogP contribution in [0.4, 0.5) is 31.1 Å². The van der Waals surface area contributed by atoms with Crippen molar-refractivity contribution in [2.45, 2.75) is 45.8 Å². The number of hydrogen-bond donors (Lipinski definition) is 0. The lowest BCUT2D eigenvalue weighted by Gasteiger charge is -2.27. The molecule has 1 aromatic carbocycles. The normalized spacial score (nSPS) is 13.3. The molecule has 0 atom stereocenters. The van der Waals surface area contributed by atoms with E-state index in [9.17, 15) is 31.1 Å². The van der Waals surface area contributed by atoms with Gasteiger partial charge in [0.25, 0.3) is 6.10 Å². The molecule has 0 aliphatic rings. The molecule has 10 heteroatoms. The molecule has 0 aliphatic carbocycles. The van der Waals surface area contributed by atoms with Crippen LogP contribution in [0.1, 0.15) is 31.9 Å². The first-order valence-corrected chi connectivity index (χ1v) is 9.99. The predicted octanol–water partition coefficient (Wildman–Crippen LogP) is 6.05. The summed E-state index contributed by atoms with van der Waals surface area (Å²) in [4.78, 5) is 14.4. The third kappa shape index (κ3) is 8.57. The van der Waals surface area contributed by atoms with Crippen molar-refractivity contribution in [3.63, 3.8) is 0 Å². The molecule has 0 spiro atoms. The van der Waals surface area contributed by atoms with Crippen LogP contribution < -0.4 is 0 Å². The average molecular weight is 466 g/mol. The summed E-state index contributed by atoms with van der Waals surface area (Å²) >= 11 is 0. The van der Waals surface area contributed by atoms with Gasteiger partial charge in [0.15, 0.2) is 0 Å². The lowest BCUT2D eigenvalue weighted by atomic mass is 10.0. The maximum Gasteiger partial charge on any atom is 0.434 e. The SMILES string of the molecule is C/C=C\C(=C/C)c1ccc(CN(CC)CCN(C)C(=O)OC(C(F)(F)F)C(F)(F)F)cc1. The molecule has 0 saturated carbocycles. The number of carbonyl (C=O) groups is 1. The molecule has 0 bridgehead atoms. The van der Waals surface area contributed by atoms with Gasteiger partial charge in [0, 0.05) is 26.7 Å². The van der Waals surface area contributed by atoms with Crippen molar-refractivity contribution in [2.24, 2.45) is 0 Å². The molecule has 1 amide bonds. The largest absolute Gasteiger partial charge is 0.434 e. The summed E-state index contributed by atoms with van der Waals surface area (Å²) < 4.78 is 79.1. The first-order chi connectivity index (χ1) is 14.8. The zero-order valence-corrected chi connectivity index (χ0v) is 18.4. The summed E-state index contributed by atoms with van der Waals surface area (Å²) in [6.45, 7) is 6.94. The number of likely N-dealkylation sites (N-methyl/N-ethyl adjacent to an activating group) is 2. The molecule has 0 aromatic heterocycles. The molecule has 180 valence electrons. The van der Waals surface area contributed by atoms with Crippen LogP contribution in [0.5, 0.6) is 0 Å². The fourth-order valence-electron chi connectivity index (χ4n) is 2.84. The highest BCUT2D eigenvalue weighted by molar-refractivity contribution is 5.73. The number of halogens is 6. The van der Waals surface area contributed by atoms with Gasteiger partial charge in [-0.05, 0) is 37.1 Å². The van der Waals surface area contributed by atoms with Gasteiger partial charge in [-0.25, -0.2) is 4.79 Å². The molecule has 1 aromatic rings. The number of ether oxygens (including phenoxy) is 1. The molecule has 0 N–H and O–H groups in total. The smallest absolute Gasteiger partial charge is 0.426 e. The van der Waals surface area contributed by atoms with Crippen LogP contribution >= 0.6 is 0 Å². The van der Waals surface area contributed by atoms with E-state index in [0.29, 0.717) is 18.0 Å². The summed E-state index contributed by atoms with van der Waals surface area (Å²) in [5, 5.41) is 0. The van der Waals surface area contributed by atoms with Crippen LogP contribution in [-0.4, -0.2) is 61.0 Å². The molecular weight excluding hydrogens is 438 g/mol. The lowest BCUT2D eigenvalue weighted by Crippen LogP contribution is -2.48. The maximum absolute atomic E-state index is 12.6. The summed E-state index contributed by atoms with van der Waals surface area (Å²) in [6.07, 6.45) is -11.4. The van der Waals surface area contributed by atoms with E-state index in [1.807, 2.05) is 68.2 Å². The highest BCUT2D eigenvalue weighted by Crippen LogP contribution is 2.35. The number of alkyl halides is 6. The minimum Gasteiger partial charge on any atom is -0.426 e. The van der Waals surface area contributed by atoms with Crippen molar-refractivity contribution in [3.8, 4) is 0 Å².